The van der Waals surface area contributed by atoms with E-state index in [9.17, 15) is 9.46 Å². The Labute approximate surface area is 235 Å². The third-order valence-electron chi connectivity index (χ3n) is 6.47. The molecule has 188 valence electrons. The first-order chi connectivity index (χ1) is 15.1. The van der Waals surface area contributed by atoms with Gasteiger partial charge in [-0.25, -0.2) is 4.57 Å². The van der Waals surface area contributed by atoms with E-state index in [0.29, 0.717) is 17.9 Å². The average molecular weight is 509 g/mol. The smallest absolute Gasteiger partial charge is 0.736 e. The minimum absolute atomic E-state index is 0. The van der Waals surface area contributed by atoms with Gasteiger partial charge in [-0.1, -0.05) is 107 Å². The van der Waals surface area contributed by atoms with Crippen molar-refractivity contribution in [3.05, 3.63) is 57.6 Å². The molecule has 0 bridgehead atoms. The summed E-state index contributed by atoms with van der Waals surface area (Å²) in [6.07, 6.45) is 0.532. The van der Waals surface area contributed by atoms with Gasteiger partial charge in [-0.2, -0.15) is 0 Å². The van der Waals surface area contributed by atoms with Crippen molar-refractivity contribution < 1.29 is 48.1 Å². The van der Waals surface area contributed by atoms with Crippen molar-refractivity contribution >= 4 is 7.82 Å². The maximum Gasteiger partial charge on any atom is 1.00 e. The van der Waals surface area contributed by atoms with E-state index in [0.717, 1.165) is 33.4 Å². The summed E-state index contributed by atoms with van der Waals surface area (Å²) >= 11 is 0. The van der Waals surface area contributed by atoms with Gasteiger partial charge in [0.05, 0.1) is 0 Å². The number of benzene rings is 2. The molecule has 0 saturated carbocycles. The molecule has 3 rings (SSSR count). The number of hydrogen-bond donors (Lipinski definition) is 0. The average Bonchev–Trinajstić information content (AvgIpc) is 2.58. The SMILES string of the molecule is CC(C)(C)c1cc2c(c(C(C)(C)C)c1)OP(=O)([O-])Oc1c(cc(C(C)(C)C)cc1C(C)(C)C)C2.[Na+]. The Hall–Kier alpha value is -0.770. The summed E-state index contributed by atoms with van der Waals surface area (Å²) < 4.78 is 24.8. The monoisotopic (exact) mass is 508 g/mol. The van der Waals surface area contributed by atoms with Crippen LogP contribution in [0.25, 0.3) is 0 Å². The van der Waals surface area contributed by atoms with Crippen molar-refractivity contribution in [1.29, 1.82) is 0 Å². The summed E-state index contributed by atoms with van der Waals surface area (Å²) in [6, 6.07) is 8.40. The molecule has 0 radical (unpaired) electrons. The van der Waals surface area contributed by atoms with E-state index in [-0.39, 0.29) is 51.2 Å². The standard InChI is InChI=1S/C29H43O4P.Na/c1-26(2,3)20-14-18-13-19-15-21(27(4,5)6)17-23(29(10,11)12)25(19)33-34(30,31)32-24(18)22(16-20)28(7,8)9;/h14-17H,13H2,1-12H3,(H,30,31);/q;+1/p-1. The molecular formula is C29H42NaO4P. The Morgan fingerprint density at radius 1 is 0.629 bits per heavy atom. The van der Waals surface area contributed by atoms with Crippen molar-refractivity contribution in [1.82, 2.24) is 0 Å². The van der Waals surface area contributed by atoms with Gasteiger partial charge in [-0.15, -0.1) is 0 Å². The van der Waals surface area contributed by atoms with E-state index in [2.05, 4.69) is 107 Å². The first-order valence-corrected chi connectivity index (χ1v) is 13.6. The fourth-order valence-corrected chi connectivity index (χ4v) is 5.20. The predicted octanol–water partition coefficient (Wildman–Crippen LogP) is 4.71. The Morgan fingerprint density at radius 2 is 0.943 bits per heavy atom. The first-order valence-electron chi connectivity index (χ1n) is 12.2. The van der Waals surface area contributed by atoms with Gasteiger partial charge in [0.15, 0.2) is 0 Å². The van der Waals surface area contributed by atoms with E-state index in [4.69, 9.17) is 9.05 Å². The molecule has 0 N–H and O–H groups in total. The number of fused-ring (bicyclic) bond motifs is 2. The molecule has 0 unspecified atom stereocenters. The molecule has 1 heterocycles. The van der Waals surface area contributed by atoms with E-state index in [1.54, 1.807) is 0 Å². The number of phosphoric ester groups is 1. The summed E-state index contributed by atoms with van der Waals surface area (Å²) in [5.74, 6) is 0.811. The third kappa shape index (κ3) is 6.76. The third-order valence-corrected chi connectivity index (χ3v) is 7.28. The van der Waals surface area contributed by atoms with Crippen molar-refractivity contribution in [2.45, 2.75) is 111 Å². The van der Waals surface area contributed by atoms with Crippen LogP contribution in [-0.4, -0.2) is 0 Å². The zero-order chi connectivity index (χ0) is 26.1. The summed E-state index contributed by atoms with van der Waals surface area (Å²) in [5.41, 5.74) is 5.02. The summed E-state index contributed by atoms with van der Waals surface area (Å²) in [5, 5.41) is 0. The van der Waals surface area contributed by atoms with Crippen molar-refractivity contribution in [3.8, 4) is 11.5 Å². The van der Waals surface area contributed by atoms with Gasteiger partial charge in [-0.05, 0) is 43.9 Å². The predicted molar refractivity (Wildman–Crippen MR) is 139 cm³/mol. The molecule has 2 aromatic carbocycles. The van der Waals surface area contributed by atoms with Crippen LogP contribution in [0.4, 0.5) is 0 Å². The Bertz CT molecular complexity index is 1070. The van der Waals surface area contributed by atoms with E-state index < -0.39 is 7.82 Å². The maximum absolute atomic E-state index is 13.3. The quantitative estimate of drug-likeness (QED) is 0.382. The van der Waals surface area contributed by atoms with E-state index >= 15 is 0 Å². The van der Waals surface area contributed by atoms with Crippen LogP contribution in [0, 0.1) is 0 Å². The maximum atomic E-state index is 13.3. The van der Waals surface area contributed by atoms with Gasteiger partial charge in [0.2, 0.25) is 0 Å². The molecule has 0 aliphatic carbocycles. The molecule has 2 aromatic rings. The fourth-order valence-electron chi connectivity index (χ4n) is 4.28. The van der Waals surface area contributed by atoms with Gasteiger partial charge in [0.1, 0.15) is 11.5 Å². The van der Waals surface area contributed by atoms with Crippen LogP contribution in [-0.2, 0) is 32.6 Å². The molecule has 6 heteroatoms. The van der Waals surface area contributed by atoms with Crippen LogP contribution in [0.1, 0.15) is 116 Å². The summed E-state index contributed by atoms with van der Waals surface area (Å²) in [7, 11) is -4.68. The largest absolute Gasteiger partial charge is 1.00 e. The molecule has 1 aliphatic heterocycles. The second-order valence-corrected chi connectivity index (χ2v) is 15.1. The zero-order valence-corrected chi connectivity index (χ0v) is 27.0. The van der Waals surface area contributed by atoms with Gasteiger partial charge in [0, 0.05) is 17.5 Å². The Kier molecular flexibility index (Phi) is 8.28. The number of hydrogen-bond acceptors (Lipinski definition) is 4. The van der Waals surface area contributed by atoms with Crippen LogP contribution >= 0.6 is 7.82 Å². The molecular weight excluding hydrogens is 466 g/mol. The Morgan fingerprint density at radius 3 is 1.20 bits per heavy atom. The molecule has 1 aliphatic rings. The minimum Gasteiger partial charge on any atom is -0.736 e. The summed E-state index contributed by atoms with van der Waals surface area (Å²) in [6.45, 7) is 25.5. The molecule has 0 amide bonds. The molecule has 0 atom stereocenters. The molecule has 0 saturated heterocycles. The normalized spacial score (nSPS) is 16.0. The van der Waals surface area contributed by atoms with Gasteiger partial charge >= 0.3 is 37.4 Å². The minimum atomic E-state index is -4.68. The van der Waals surface area contributed by atoms with Crippen LogP contribution in [0.2, 0.25) is 0 Å². The molecule has 0 aromatic heterocycles. The fraction of sp³-hybridized carbons (Fsp3) is 0.586. The molecule has 35 heavy (non-hydrogen) atoms. The topological polar surface area (TPSA) is 58.6 Å². The Balaban J connectivity index is 0.00000432. The van der Waals surface area contributed by atoms with Crippen LogP contribution < -0.4 is 43.5 Å². The van der Waals surface area contributed by atoms with E-state index in [1.807, 2.05) is 0 Å². The summed E-state index contributed by atoms with van der Waals surface area (Å²) in [4.78, 5) is 13.3. The first kappa shape index (κ1) is 30.5. The van der Waals surface area contributed by atoms with Gasteiger partial charge in [-0.3, -0.25) is 0 Å². The van der Waals surface area contributed by atoms with Crippen molar-refractivity contribution in [2.24, 2.45) is 0 Å². The van der Waals surface area contributed by atoms with Crippen LogP contribution in [0.15, 0.2) is 24.3 Å². The van der Waals surface area contributed by atoms with Crippen molar-refractivity contribution in [3.63, 3.8) is 0 Å². The van der Waals surface area contributed by atoms with E-state index in [1.165, 1.54) is 0 Å². The number of rotatable bonds is 0. The van der Waals surface area contributed by atoms with Gasteiger partial charge < -0.3 is 13.9 Å². The van der Waals surface area contributed by atoms with Crippen molar-refractivity contribution in [2.75, 3.05) is 0 Å². The second-order valence-electron chi connectivity index (χ2n) is 13.8. The number of phosphoric acid groups is 1. The van der Waals surface area contributed by atoms with Crippen LogP contribution in [0.3, 0.4) is 0 Å². The molecule has 0 spiro atoms. The van der Waals surface area contributed by atoms with Gasteiger partial charge in [0.25, 0.3) is 0 Å². The zero-order valence-electron chi connectivity index (χ0n) is 24.1. The van der Waals surface area contributed by atoms with Crippen LogP contribution in [0.5, 0.6) is 11.5 Å². The molecule has 4 nitrogen and oxygen atoms in total. The second kappa shape index (κ2) is 9.52. The molecule has 0 fully saturated rings.